The number of esters is 1. The molecule has 88 valence electrons. The monoisotopic (exact) mass is 226 g/mol. The van der Waals surface area contributed by atoms with Crippen molar-refractivity contribution >= 4 is 5.97 Å². The van der Waals surface area contributed by atoms with Gasteiger partial charge in [-0.25, -0.2) is 4.39 Å². The molecule has 0 heterocycles. The average Bonchev–Trinajstić information content (AvgIpc) is 2.31. The van der Waals surface area contributed by atoms with Gasteiger partial charge < -0.3 is 9.47 Å². The highest BCUT2D eigenvalue weighted by Gasteiger charge is 2.17. The lowest BCUT2D eigenvalue weighted by molar-refractivity contribution is -0.146. The van der Waals surface area contributed by atoms with Gasteiger partial charge in [0, 0.05) is 0 Å². The van der Waals surface area contributed by atoms with Crippen LogP contribution in [0, 0.1) is 11.7 Å². The smallest absolute Gasteiger partial charge is 0.312 e. The topological polar surface area (TPSA) is 35.5 Å². The standard InChI is InChI=1S/C12H15FO3/c1-3-9(12(14)15-2)8-16-11-6-4-10(13)5-7-11/h4-7,9H,3,8H2,1-2H3. The molecule has 4 heteroatoms. The highest BCUT2D eigenvalue weighted by molar-refractivity contribution is 5.72. The van der Waals surface area contributed by atoms with E-state index in [-0.39, 0.29) is 24.3 Å². The first-order valence-electron chi connectivity index (χ1n) is 5.13. The van der Waals surface area contributed by atoms with E-state index < -0.39 is 0 Å². The number of methoxy groups -OCH3 is 1. The second-order valence-corrected chi connectivity index (χ2v) is 3.39. The molecule has 0 saturated carbocycles. The summed E-state index contributed by atoms with van der Waals surface area (Å²) in [6.45, 7) is 2.13. The molecule has 3 nitrogen and oxygen atoms in total. The van der Waals surface area contributed by atoms with Gasteiger partial charge in [0.15, 0.2) is 0 Å². The summed E-state index contributed by atoms with van der Waals surface area (Å²) in [6, 6.07) is 5.68. The van der Waals surface area contributed by atoms with Gasteiger partial charge in [0.2, 0.25) is 0 Å². The minimum absolute atomic E-state index is 0.245. The Kier molecular flexibility index (Phi) is 4.76. The molecule has 1 aromatic rings. The van der Waals surface area contributed by atoms with Crippen LogP contribution in [0.1, 0.15) is 13.3 Å². The van der Waals surface area contributed by atoms with Crippen LogP contribution in [0.3, 0.4) is 0 Å². The molecular formula is C12H15FO3. The maximum Gasteiger partial charge on any atom is 0.312 e. The Hall–Kier alpha value is -1.58. The van der Waals surface area contributed by atoms with Gasteiger partial charge >= 0.3 is 5.97 Å². The molecule has 0 bridgehead atoms. The molecule has 0 saturated heterocycles. The molecular weight excluding hydrogens is 211 g/mol. The minimum Gasteiger partial charge on any atom is -0.493 e. The normalized spacial score (nSPS) is 11.9. The summed E-state index contributed by atoms with van der Waals surface area (Å²) in [5, 5.41) is 0. The molecule has 0 aliphatic heterocycles. The third kappa shape index (κ3) is 3.53. The van der Waals surface area contributed by atoms with Crippen LogP contribution in [0.2, 0.25) is 0 Å². The lowest BCUT2D eigenvalue weighted by Gasteiger charge is -2.13. The molecule has 1 unspecified atom stereocenters. The summed E-state index contributed by atoms with van der Waals surface area (Å²) in [7, 11) is 1.35. The molecule has 0 N–H and O–H groups in total. The van der Waals surface area contributed by atoms with Crippen molar-refractivity contribution < 1.29 is 18.7 Å². The fourth-order valence-corrected chi connectivity index (χ4v) is 1.25. The Labute approximate surface area is 94.2 Å². The molecule has 1 rings (SSSR count). The van der Waals surface area contributed by atoms with E-state index >= 15 is 0 Å². The van der Waals surface area contributed by atoms with E-state index in [0.717, 1.165) is 0 Å². The van der Waals surface area contributed by atoms with Crippen molar-refractivity contribution in [1.29, 1.82) is 0 Å². The van der Waals surface area contributed by atoms with Crippen LogP contribution in [0.5, 0.6) is 5.75 Å². The Balaban J connectivity index is 2.49. The molecule has 0 fully saturated rings. The fraction of sp³-hybridized carbons (Fsp3) is 0.417. The van der Waals surface area contributed by atoms with Crippen molar-refractivity contribution in [3.05, 3.63) is 30.1 Å². The van der Waals surface area contributed by atoms with Gasteiger partial charge in [-0.1, -0.05) is 6.92 Å². The van der Waals surface area contributed by atoms with Crippen LogP contribution < -0.4 is 4.74 Å². The summed E-state index contributed by atoms with van der Waals surface area (Å²) in [5.41, 5.74) is 0. The van der Waals surface area contributed by atoms with Gasteiger partial charge in [-0.2, -0.15) is 0 Å². The Morgan fingerprint density at radius 1 is 1.38 bits per heavy atom. The second kappa shape index (κ2) is 6.10. The van der Waals surface area contributed by atoms with Crippen LogP contribution in [0.4, 0.5) is 4.39 Å². The number of hydrogen-bond donors (Lipinski definition) is 0. The highest BCUT2D eigenvalue weighted by atomic mass is 19.1. The van der Waals surface area contributed by atoms with Gasteiger partial charge in [0.1, 0.15) is 18.2 Å². The van der Waals surface area contributed by atoms with E-state index in [1.807, 2.05) is 6.92 Å². The van der Waals surface area contributed by atoms with E-state index in [9.17, 15) is 9.18 Å². The lowest BCUT2D eigenvalue weighted by atomic mass is 10.1. The number of rotatable bonds is 5. The van der Waals surface area contributed by atoms with Crippen molar-refractivity contribution in [1.82, 2.24) is 0 Å². The Bertz CT molecular complexity index is 335. The number of carbonyl (C=O) groups excluding carboxylic acids is 1. The number of carbonyl (C=O) groups is 1. The summed E-state index contributed by atoms with van der Waals surface area (Å²) < 4.78 is 22.6. The van der Waals surface area contributed by atoms with E-state index in [1.54, 1.807) is 0 Å². The SMILES string of the molecule is CCC(COc1ccc(F)cc1)C(=O)OC. The maximum absolute atomic E-state index is 12.6. The predicted octanol–water partition coefficient (Wildman–Crippen LogP) is 2.40. The first-order valence-corrected chi connectivity index (χ1v) is 5.13. The van der Waals surface area contributed by atoms with Gasteiger partial charge in [0.25, 0.3) is 0 Å². The molecule has 0 spiro atoms. The zero-order valence-electron chi connectivity index (χ0n) is 9.40. The number of hydrogen-bond acceptors (Lipinski definition) is 3. The third-order valence-corrected chi connectivity index (χ3v) is 2.29. The number of ether oxygens (including phenoxy) is 2. The van der Waals surface area contributed by atoms with Crippen LogP contribution in [-0.2, 0) is 9.53 Å². The van der Waals surface area contributed by atoms with Crippen molar-refractivity contribution in [2.45, 2.75) is 13.3 Å². The zero-order chi connectivity index (χ0) is 12.0. The quantitative estimate of drug-likeness (QED) is 0.723. The van der Waals surface area contributed by atoms with Crippen LogP contribution >= 0.6 is 0 Å². The summed E-state index contributed by atoms with van der Waals surface area (Å²) >= 11 is 0. The predicted molar refractivity (Wildman–Crippen MR) is 57.7 cm³/mol. The maximum atomic E-state index is 12.6. The van der Waals surface area contributed by atoms with E-state index in [2.05, 4.69) is 4.74 Å². The van der Waals surface area contributed by atoms with E-state index in [1.165, 1.54) is 31.4 Å². The van der Waals surface area contributed by atoms with Crippen LogP contribution in [0.25, 0.3) is 0 Å². The molecule has 16 heavy (non-hydrogen) atoms. The summed E-state index contributed by atoms with van der Waals surface area (Å²) in [6.07, 6.45) is 0.647. The van der Waals surface area contributed by atoms with Crippen LogP contribution in [0.15, 0.2) is 24.3 Å². The lowest BCUT2D eigenvalue weighted by Crippen LogP contribution is -2.22. The molecule has 1 aromatic carbocycles. The average molecular weight is 226 g/mol. The summed E-state index contributed by atoms with van der Waals surface area (Å²) in [4.78, 5) is 11.3. The highest BCUT2D eigenvalue weighted by Crippen LogP contribution is 2.14. The van der Waals surface area contributed by atoms with Crippen molar-refractivity contribution in [2.75, 3.05) is 13.7 Å². The van der Waals surface area contributed by atoms with Gasteiger partial charge in [-0.15, -0.1) is 0 Å². The van der Waals surface area contributed by atoms with E-state index in [0.29, 0.717) is 12.2 Å². The first kappa shape index (κ1) is 12.5. The van der Waals surface area contributed by atoms with Gasteiger partial charge in [0.05, 0.1) is 13.0 Å². The first-order chi connectivity index (χ1) is 7.67. The minimum atomic E-state index is -0.313. The summed E-state index contributed by atoms with van der Waals surface area (Å²) in [5.74, 6) is -0.337. The number of benzene rings is 1. The molecule has 0 aliphatic rings. The second-order valence-electron chi connectivity index (χ2n) is 3.39. The molecule has 1 atom stereocenters. The van der Waals surface area contributed by atoms with Gasteiger partial charge in [-0.05, 0) is 30.7 Å². The fourth-order valence-electron chi connectivity index (χ4n) is 1.25. The van der Waals surface area contributed by atoms with Crippen molar-refractivity contribution in [2.24, 2.45) is 5.92 Å². The van der Waals surface area contributed by atoms with Crippen molar-refractivity contribution in [3.8, 4) is 5.75 Å². The molecule has 0 amide bonds. The van der Waals surface area contributed by atoms with Crippen molar-refractivity contribution in [3.63, 3.8) is 0 Å². The third-order valence-electron chi connectivity index (χ3n) is 2.29. The molecule has 0 aromatic heterocycles. The number of halogens is 1. The van der Waals surface area contributed by atoms with Crippen LogP contribution in [-0.4, -0.2) is 19.7 Å². The zero-order valence-corrected chi connectivity index (χ0v) is 9.40. The van der Waals surface area contributed by atoms with Gasteiger partial charge in [-0.3, -0.25) is 4.79 Å². The molecule has 0 radical (unpaired) electrons. The Morgan fingerprint density at radius 2 is 2.00 bits per heavy atom. The Morgan fingerprint density at radius 3 is 2.50 bits per heavy atom. The largest absolute Gasteiger partial charge is 0.493 e. The molecule has 0 aliphatic carbocycles. The van der Waals surface area contributed by atoms with E-state index in [4.69, 9.17) is 4.74 Å².